The highest BCUT2D eigenvalue weighted by Gasteiger charge is 2.34. The van der Waals surface area contributed by atoms with Gasteiger partial charge >= 0.3 is 6.09 Å². The van der Waals surface area contributed by atoms with Crippen molar-refractivity contribution in [3.63, 3.8) is 0 Å². The average Bonchev–Trinajstić information content (AvgIpc) is 3.06. The van der Waals surface area contributed by atoms with Crippen LogP contribution in [0.25, 0.3) is 22.3 Å². The van der Waals surface area contributed by atoms with Crippen molar-refractivity contribution in [1.29, 1.82) is 0 Å². The van der Waals surface area contributed by atoms with E-state index < -0.39 is 6.09 Å². The maximum absolute atomic E-state index is 10.9. The summed E-state index contributed by atoms with van der Waals surface area (Å²) in [5.41, 5.74) is 2.51. The quantitative estimate of drug-likeness (QED) is 0.281. The molecule has 1 aliphatic rings. The number of carboxylic acid groups (broad SMARTS) is 1. The molecular weight excluding hydrogens is 483 g/mol. The Hall–Kier alpha value is -2.62. The Kier molecular flexibility index (Phi) is 5.44. The van der Waals surface area contributed by atoms with Gasteiger partial charge in [0.05, 0.1) is 15.1 Å². The predicted octanol–water partition coefficient (Wildman–Crippen LogP) is 4.17. The first-order chi connectivity index (χ1) is 13.9. The molecule has 0 saturated carbocycles. The first-order valence-electron chi connectivity index (χ1n) is 9.38. The van der Waals surface area contributed by atoms with Crippen LogP contribution < -0.4 is 10.2 Å². The summed E-state index contributed by atoms with van der Waals surface area (Å²) in [5.74, 6) is 1.62. The van der Waals surface area contributed by atoms with E-state index >= 15 is 0 Å². The third-order valence-electron chi connectivity index (χ3n) is 5.19. The summed E-state index contributed by atoms with van der Waals surface area (Å²) in [4.78, 5) is 22.6. The number of nitrogens with zero attached hydrogens (tertiary/aromatic N) is 3. The van der Waals surface area contributed by atoms with E-state index in [9.17, 15) is 9.90 Å². The fourth-order valence-electron chi connectivity index (χ4n) is 3.69. The lowest BCUT2D eigenvalue weighted by atomic mass is 10.1. The number of benzene rings is 2. The van der Waals surface area contributed by atoms with Crippen molar-refractivity contribution in [3.05, 3.63) is 48.0 Å². The minimum atomic E-state index is -1.00. The topological polar surface area (TPSA) is 98.6 Å². The summed E-state index contributed by atoms with van der Waals surface area (Å²) >= 11 is 2.36. The van der Waals surface area contributed by atoms with Crippen LogP contribution in [-0.4, -0.2) is 43.4 Å². The predicted molar refractivity (Wildman–Crippen MR) is 121 cm³/mol. The van der Waals surface area contributed by atoms with Crippen LogP contribution in [0.1, 0.15) is 12.0 Å². The Bertz CT molecular complexity index is 1070. The summed E-state index contributed by atoms with van der Waals surface area (Å²) in [7, 11) is 0. The first kappa shape index (κ1) is 19.7. The van der Waals surface area contributed by atoms with Gasteiger partial charge in [0.2, 0.25) is 0 Å². The summed E-state index contributed by atoms with van der Waals surface area (Å²) in [6.07, 6.45) is -0.131. The molecule has 2 aromatic carbocycles. The van der Waals surface area contributed by atoms with Crippen LogP contribution in [0.4, 0.5) is 10.6 Å². The van der Waals surface area contributed by atoms with E-state index in [1.54, 1.807) is 18.2 Å². The van der Waals surface area contributed by atoms with E-state index in [0.717, 1.165) is 35.2 Å². The fraction of sp³-hybridized carbons (Fsp3) is 0.286. The number of para-hydroxylation sites is 1. The van der Waals surface area contributed by atoms with Gasteiger partial charge in [-0.25, -0.2) is 14.8 Å². The number of aromatic hydroxyl groups is 1. The lowest BCUT2D eigenvalue weighted by Gasteiger charge is -2.26. The SMILES string of the molecule is Cc1ccc2c(N3CCC(CNC(=O)O)C3I)nc(-c3ccccc3O)nc2c1. The lowest BCUT2D eigenvalue weighted by molar-refractivity contribution is 0.192. The summed E-state index contributed by atoms with van der Waals surface area (Å²) < 4.78 is 0.0936. The Balaban J connectivity index is 1.79. The van der Waals surface area contributed by atoms with Crippen LogP contribution in [-0.2, 0) is 0 Å². The van der Waals surface area contributed by atoms with Gasteiger partial charge in [-0.3, -0.25) is 0 Å². The van der Waals surface area contributed by atoms with E-state index in [1.807, 2.05) is 31.2 Å². The maximum atomic E-state index is 10.9. The molecule has 8 heteroatoms. The molecule has 1 amide bonds. The normalized spacial score (nSPS) is 18.9. The zero-order valence-corrected chi connectivity index (χ0v) is 18.0. The Morgan fingerprint density at radius 2 is 2.07 bits per heavy atom. The maximum Gasteiger partial charge on any atom is 0.404 e. The van der Waals surface area contributed by atoms with Crippen molar-refractivity contribution in [2.45, 2.75) is 17.4 Å². The molecule has 150 valence electrons. The van der Waals surface area contributed by atoms with Gasteiger partial charge in [0.25, 0.3) is 0 Å². The minimum absolute atomic E-state index is 0.0936. The second-order valence-corrected chi connectivity index (χ2v) is 8.49. The number of aryl methyl sites for hydroxylation is 1. The Labute approximate surface area is 181 Å². The number of phenols is 1. The molecule has 1 aromatic heterocycles. The largest absolute Gasteiger partial charge is 0.507 e. The van der Waals surface area contributed by atoms with Crippen molar-refractivity contribution < 1.29 is 15.0 Å². The molecule has 0 aliphatic carbocycles. The van der Waals surface area contributed by atoms with Crippen molar-refractivity contribution in [3.8, 4) is 17.1 Å². The molecule has 2 unspecified atom stereocenters. The highest BCUT2D eigenvalue weighted by molar-refractivity contribution is 14.1. The standard InChI is InChI=1S/C21H21IN4O3/c1-12-6-7-14-16(10-12)24-19(15-4-2-3-5-17(15)27)25-20(14)26-9-8-13(18(26)22)11-23-21(28)29/h2-7,10,13,18,23,27H,8-9,11H2,1H3,(H,28,29). The number of carbonyl (C=O) groups is 1. The third-order valence-corrected chi connectivity index (χ3v) is 6.88. The molecule has 2 atom stereocenters. The van der Waals surface area contributed by atoms with E-state index in [0.29, 0.717) is 17.9 Å². The molecule has 1 aliphatic heterocycles. The van der Waals surface area contributed by atoms with Crippen LogP contribution >= 0.6 is 22.6 Å². The van der Waals surface area contributed by atoms with Crippen molar-refractivity contribution in [2.75, 3.05) is 18.0 Å². The Morgan fingerprint density at radius 1 is 1.28 bits per heavy atom. The number of fused-ring (bicyclic) bond motifs is 1. The molecule has 3 N–H and O–H groups in total. The number of hydrogen-bond acceptors (Lipinski definition) is 5. The highest BCUT2D eigenvalue weighted by atomic mass is 127. The van der Waals surface area contributed by atoms with Gasteiger partial charge < -0.3 is 20.4 Å². The molecule has 0 spiro atoms. The molecule has 1 saturated heterocycles. The lowest BCUT2D eigenvalue weighted by Crippen LogP contribution is -2.34. The molecule has 1 fully saturated rings. The number of phenolic OH excluding ortho intramolecular Hbond substituents is 1. The van der Waals surface area contributed by atoms with Crippen LogP contribution in [0.3, 0.4) is 0 Å². The van der Waals surface area contributed by atoms with Crippen molar-refractivity contribution in [2.24, 2.45) is 5.92 Å². The molecule has 4 rings (SSSR count). The summed E-state index contributed by atoms with van der Waals surface area (Å²) in [6.45, 7) is 3.21. The number of alkyl halides is 1. The number of rotatable bonds is 4. The molecule has 3 aromatic rings. The van der Waals surface area contributed by atoms with Gasteiger partial charge in [0, 0.05) is 24.4 Å². The smallest absolute Gasteiger partial charge is 0.404 e. The van der Waals surface area contributed by atoms with Gasteiger partial charge in [-0.2, -0.15) is 0 Å². The van der Waals surface area contributed by atoms with E-state index in [1.165, 1.54) is 0 Å². The zero-order valence-electron chi connectivity index (χ0n) is 15.8. The minimum Gasteiger partial charge on any atom is -0.507 e. The molecular formula is C21H21IN4O3. The van der Waals surface area contributed by atoms with Gasteiger partial charge in [0.1, 0.15) is 11.6 Å². The zero-order chi connectivity index (χ0) is 20.5. The van der Waals surface area contributed by atoms with Gasteiger partial charge in [-0.05, 0) is 43.2 Å². The van der Waals surface area contributed by atoms with Gasteiger partial charge in [0.15, 0.2) is 5.82 Å². The highest BCUT2D eigenvalue weighted by Crippen LogP contribution is 2.38. The molecule has 0 bridgehead atoms. The number of amides is 1. The second-order valence-electron chi connectivity index (χ2n) is 7.21. The van der Waals surface area contributed by atoms with E-state index in [2.05, 4.69) is 32.8 Å². The van der Waals surface area contributed by atoms with Crippen molar-refractivity contribution >= 4 is 45.4 Å². The van der Waals surface area contributed by atoms with Gasteiger partial charge in [-0.15, -0.1) is 0 Å². The fourth-order valence-corrected chi connectivity index (χ4v) is 4.84. The molecule has 7 nitrogen and oxygen atoms in total. The second kappa shape index (κ2) is 8.02. The van der Waals surface area contributed by atoms with Crippen LogP contribution in [0.2, 0.25) is 0 Å². The monoisotopic (exact) mass is 504 g/mol. The number of anilines is 1. The van der Waals surface area contributed by atoms with E-state index in [-0.39, 0.29) is 15.7 Å². The third kappa shape index (κ3) is 3.93. The Morgan fingerprint density at radius 3 is 2.83 bits per heavy atom. The van der Waals surface area contributed by atoms with Crippen molar-refractivity contribution in [1.82, 2.24) is 15.3 Å². The number of hydrogen-bond donors (Lipinski definition) is 3. The average molecular weight is 504 g/mol. The van der Waals surface area contributed by atoms with E-state index in [4.69, 9.17) is 15.1 Å². The number of halogens is 1. The first-order valence-corrected chi connectivity index (χ1v) is 10.6. The number of nitrogens with one attached hydrogen (secondary N) is 1. The number of aromatic nitrogens is 2. The molecule has 0 radical (unpaired) electrons. The summed E-state index contributed by atoms with van der Waals surface area (Å²) in [6, 6.07) is 13.1. The summed E-state index contributed by atoms with van der Waals surface area (Å²) in [5, 5.41) is 22.7. The van der Waals surface area contributed by atoms with Crippen LogP contribution in [0, 0.1) is 12.8 Å². The molecule has 29 heavy (non-hydrogen) atoms. The van der Waals surface area contributed by atoms with Crippen LogP contribution in [0.5, 0.6) is 5.75 Å². The van der Waals surface area contributed by atoms with Gasteiger partial charge in [-0.1, -0.05) is 40.8 Å². The van der Waals surface area contributed by atoms with Crippen LogP contribution in [0.15, 0.2) is 42.5 Å². The molecule has 2 heterocycles.